The van der Waals surface area contributed by atoms with Crippen molar-refractivity contribution < 1.29 is 23.9 Å². The number of halogens is 1. The summed E-state index contributed by atoms with van der Waals surface area (Å²) in [6, 6.07) is 12.4. The fraction of sp³-hybridized carbons (Fsp3) is 0.261. The molecule has 0 saturated carbocycles. The number of aliphatic carboxylic acids is 1. The lowest BCUT2D eigenvalue weighted by Crippen LogP contribution is -2.32. The molecular formula is C23H23FN4O4S. The molecule has 0 saturated heterocycles. The molecule has 10 heteroatoms. The van der Waals surface area contributed by atoms with E-state index in [0.717, 1.165) is 12.8 Å². The Kier molecular flexibility index (Phi) is 8.20. The van der Waals surface area contributed by atoms with Crippen molar-refractivity contribution in [3.63, 3.8) is 0 Å². The van der Waals surface area contributed by atoms with Crippen molar-refractivity contribution in [2.24, 2.45) is 0 Å². The molecule has 1 aromatic heterocycles. The Morgan fingerprint density at radius 1 is 1.09 bits per heavy atom. The van der Waals surface area contributed by atoms with E-state index in [1.165, 1.54) is 34.4 Å². The number of hydrogen-bond acceptors (Lipinski definition) is 6. The molecule has 0 aliphatic heterocycles. The molecule has 2 aromatic carbocycles. The van der Waals surface area contributed by atoms with Gasteiger partial charge in [0.1, 0.15) is 10.8 Å². The van der Waals surface area contributed by atoms with E-state index in [2.05, 4.69) is 15.5 Å². The summed E-state index contributed by atoms with van der Waals surface area (Å²) in [6.07, 6.45) is 1.42. The van der Waals surface area contributed by atoms with Crippen molar-refractivity contribution in [2.45, 2.75) is 26.2 Å². The largest absolute Gasteiger partial charge is 0.481 e. The maximum atomic E-state index is 14.2. The average Bonchev–Trinajstić information content (AvgIpc) is 3.29. The molecule has 0 fully saturated rings. The molecule has 3 rings (SSSR count). The summed E-state index contributed by atoms with van der Waals surface area (Å²) < 4.78 is 14.2. The van der Waals surface area contributed by atoms with Gasteiger partial charge in [-0.15, -0.1) is 10.2 Å². The number of carbonyl (C=O) groups is 3. The molecule has 0 atom stereocenters. The summed E-state index contributed by atoms with van der Waals surface area (Å²) in [6.45, 7) is 2.42. The monoisotopic (exact) mass is 470 g/mol. The van der Waals surface area contributed by atoms with E-state index < -0.39 is 17.7 Å². The Morgan fingerprint density at radius 2 is 1.82 bits per heavy atom. The second-order valence-electron chi connectivity index (χ2n) is 7.16. The van der Waals surface area contributed by atoms with Gasteiger partial charge in [-0.25, -0.2) is 4.39 Å². The first-order valence-electron chi connectivity index (χ1n) is 10.4. The van der Waals surface area contributed by atoms with Gasteiger partial charge in [0.2, 0.25) is 5.13 Å². The topological polar surface area (TPSA) is 112 Å². The lowest BCUT2D eigenvalue weighted by atomic mass is 10.1. The van der Waals surface area contributed by atoms with Crippen LogP contribution in [-0.2, 0) is 4.79 Å². The number of carbonyl (C=O) groups excluding carboxylic acids is 2. The van der Waals surface area contributed by atoms with Crippen molar-refractivity contribution in [2.75, 3.05) is 18.0 Å². The third-order valence-corrected chi connectivity index (χ3v) is 5.74. The average molecular weight is 471 g/mol. The number of unbranched alkanes of at least 4 members (excludes halogenated alkanes) is 1. The normalized spacial score (nSPS) is 10.6. The smallest absolute Gasteiger partial charge is 0.305 e. The predicted octanol–water partition coefficient (Wildman–Crippen LogP) is 4.00. The summed E-state index contributed by atoms with van der Waals surface area (Å²) in [5, 5.41) is 20.4. The fourth-order valence-electron chi connectivity index (χ4n) is 2.97. The number of rotatable bonds is 10. The molecule has 8 nitrogen and oxygen atoms in total. The van der Waals surface area contributed by atoms with E-state index in [1.807, 2.05) is 6.92 Å². The second-order valence-corrected chi connectivity index (χ2v) is 8.11. The summed E-state index contributed by atoms with van der Waals surface area (Å²) in [4.78, 5) is 37.1. The first kappa shape index (κ1) is 24.0. The maximum Gasteiger partial charge on any atom is 0.305 e. The molecule has 2 amide bonds. The Morgan fingerprint density at radius 3 is 2.48 bits per heavy atom. The number of aromatic nitrogens is 2. The summed E-state index contributed by atoms with van der Waals surface area (Å²) in [5.74, 6) is -2.43. The lowest BCUT2D eigenvalue weighted by Gasteiger charge is -2.19. The van der Waals surface area contributed by atoms with Crippen LogP contribution in [-0.4, -0.2) is 46.2 Å². The lowest BCUT2D eigenvalue weighted by molar-refractivity contribution is -0.136. The molecule has 1 heterocycles. The molecule has 0 aliphatic rings. The van der Waals surface area contributed by atoms with Crippen molar-refractivity contribution in [1.29, 1.82) is 0 Å². The van der Waals surface area contributed by atoms with Crippen LogP contribution in [0, 0.1) is 5.82 Å². The third kappa shape index (κ3) is 6.19. The van der Waals surface area contributed by atoms with E-state index in [0.29, 0.717) is 27.8 Å². The highest BCUT2D eigenvalue weighted by molar-refractivity contribution is 7.18. The third-order valence-electron chi connectivity index (χ3n) is 4.75. The Bertz CT molecular complexity index is 1130. The predicted molar refractivity (Wildman–Crippen MR) is 123 cm³/mol. The number of benzene rings is 2. The number of carboxylic acid groups (broad SMARTS) is 1. The first-order valence-corrected chi connectivity index (χ1v) is 11.2. The van der Waals surface area contributed by atoms with Gasteiger partial charge in [0.25, 0.3) is 11.8 Å². The number of nitrogens with one attached hydrogen (secondary N) is 1. The molecule has 0 unspecified atom stereocenters. The summed E-state index contributed by atoms with van der Waals surface area (Å²) in [5.41, 5.74) is 1.06. The zero-order valence-electron chi connectivity index (χ0n) is 18.0. The highest BCUT2D eigenvalue weighted by Crippen LogP contribution is 2.30. The van der Waals surface area contributed by atoms with Crippen LogP contribution >= 0.6 is 11.3 Å². The van der Waals surface area contributed by atoms with Crippen molar-refractivity contribution in [3.05, 3.63) is 65.5 Å². The van der Waals surface area contributed by atoms with Crippen LogP contribution in [0.5, 0.6) is 0 Å². The summed E-state index contributed by atoms with van der Waals surface area (Å²) >= 11 is 1.20. The van der Waals surface area contributed by atoms with E-state index in [-0.39, 0.29) is 24.4 Å². The quantitative estimate of drug-likeness (QED) is 0.463. The molecule has 2 N–H and O–H groups in total. The van der Waals surface area contributed by atoms with E-state index in [1.54, 1.807) is 30.3 Å². The van der Waals surface area contributed by atoms with Crippen molar-refractivity contribution in [1.82, 2.24) is 15.5 Å². The van der Waals surface area contributed by atoms with Gasteiger partial charge >= 0.3 is 5.97 Å². The molecule has 0 radical (unpaired) electrons. The number of amides is 2. The minimum absolute atomic E-state index is 0.0244. The van der Waals surface area contributed by atoms with E-state index in [9.17, 15) is 18.8 Å². The van der Waals surface area contributed by atoms with Crippen LogP contribution in [0.3, 0.4) is 0 Å². The number of nitrogens with zero attached hydrogens (tertiary/aromatic N) is 3. The number of hydrogen-bond donors (Lipinski definition) is 2. The minimum atomic E-state index is -0.987. The van der Waals surface area contributed by atoms with Gasteiger partial charge < -0.3 is 10.4 Å². The first-order chi connectivity index (χ1) is 15.9. The zero-order valence-corrected chi connectivity index (χ0v) is 18.8. The van der Waals surface area contributed by atoms with Crippen LogP contribution in [0.2, 0.25) is 0 Å². The fourth-order valence-corrected chi connectivity index (χ4v) is 3.85. The van der Waals surface area contributed by atoms with Crippen LogP contribution in [0.4, 0.5) is 9.52 Å². The minimum Gasteiger partial charge on any atom is -0.481 e. The highest BCUT2D eigenvalue weighted by Gasteiger charge is 2.23. The SMILES string of the molecule is CCCCN(C(=O)c1ccccc1F)c1nnc(-c2ccc(C(=O)NCCC(=O)O)cc2)s1. The Balaban J connectivity index is 1.77. The molecule has 0 bridgehead atoms. The zero-order chi connectivity index (χ0) is 23.8. The van der Waals surface area contributed by atoms with Gasteiger partial charge in [-0.3, -0.25) is 19.3 Å². The van der Waals surface area contributed by atoms with Gasteiger partial charge in [-0.1, -0.05) is 48.9 Å². The van der Waals surface area contributed by atoms with Gasteiger partial charge in [0.05, 0.1) is 12.0 Å². The van der Waals surface area contributed by atoms with Crippen LogP contribution in [0.15, 0.2) is 48.5 Å². The van der Waals surface area contributed by atoms with Gasteiger partial charge in [-0.2, -0.15) is 0 Å². The van der Waals surface area contributed by atoms with Crippen LogP contribution < -0.4 is 10.2 Å². The molecule has 3 aromatic rings. The Labute approximate surface area is 194 Å². The maximum absolute atomic E-state index is 14.2. The van der Waals surface area contributed by atoms with Gasteiger partial charge in [-0.05, 0) is 30.7 Å². The summed E-state index contributed by atoms with van der Waals surface area (Å²) in [7, 11) is 0. The van der Waals surface area contributed by atoms with Gasteiger partial charge in [0.15, 0.2) is 0 Å². The standard InChI is InChI=1S/C23H23FN4O4S/c1-2-3-14-28(22(32)17-6-4-5-7-18(17)24)23-27-26-21(33-23)16-10-8-15(9-11-16)20(31)25-13-12-19(29)30/h4-11H,2-3,12-14H2,1H3,(H,25,31)(H,29,30). The molecule has 0 aliphatic carbocycles. The van der Waals surface area contributed by atoms with Gasteiger partial charge in [0, 0.05) is 24.2 Å². The molecule has 172 valence electrons. The molecular weight excluding hydrogens is 447 g/mol. The molecule has 0 spiro atoms. The number of carboxylic acids is 1. The van der Waals surface area contributed by atoms with Crippen LogP contribution in [0.1, 0.15) is 46.9 Å². The second kappa shape index (κ2) is 11.3. The molecule has 33 heavy (non-hydrogen) atoms. The Hall–Kier alpha value is -3.66. The van der Waals surface area contributed by atoms with Crippen molar-refractivity contribution >= 4 is 34.3 Å². The van der Waals surface area contributed by atoms with Crippen molar-refractivity contribution in [3.8, 4) is 10.6 Å². The number of anilines is 1. The highest BCUT2D eigenvalue weighted by atomic mass is 32.1. The van der Waals surface area contributed by atoms with E-state index >= 15 is 0 Å². The van der Waals surface area contributed by atoms with Crippen LogP contribution in [0.25, 0.3) is 10.6 Å². The van der Waals surface area contributed by atoms with E-state index in [4.69, 9.17) is 5.11 Å².